The van der Waals surface area contributed by atoms with Gasteiger partial charge in [0.2, 0.25) is 5.91 Å². The van der Waals surface area contributed by atoms with E-state index in [9.17, 15) is 14.7 Å². The first kappa shape index (κ1) is 16.3. The quantitative estimate of drug-likeness (QED) is 0.630. The van der Waals surface area contributed by atoms with Gasteiger partial charge in [-0.2, -0.15) is 5.10 Å². The number of nitrogens with one attached hydrogen (secondary N) is 2. The molecule has 0 saturated heterocycles. The molecule has 0 saturated carbocycles. The third-order valence-corrected chi connectivity index (χ3v) is 3.49. The number of phenolic OH excluding ortho intramolecular Hbond substituents is 1. The van der Waals surface area contributed by atoms with Gasteiger partial charge in [0.25, 0.3) is 5.91 Å². The number of aromatic nitrogens is 2. The van der Waals surface area contributed by atoms with Crippen molar-refractivity contribution >= 4 is 11.8 Å². The van der Waals surface area contributed by atoms with Gasteiger partial charge in [0.05, 0.1) is 23.9 Å². The first-order chi connectivity index (χ1) is 12.1. The van der Waals surface area contributed by atoms with Gasteiger partial charge in [-0.25, -0.2) is 4.68 Å². The molecular formula is C18H16N4O3. The minimum atomic E-state index is -0.591. The molecule has 2 amide bonds. The highest BCUT2D eigenvalue weighted by Gasteiger charge is 2.12. The van der Waals surface area contributed by atoms with Crippen LogP contribution >= 0.6 is 0 Å². The summed E-state index contributed by atoms with van der Waals surface area (Å²) in [6.07, 6.45) is 3.41. The lowest BCUT2D eigenvalue weighted by molar-refractivity contribution is -0.121. The van der Waals surface area contributed by atoms with Crippen LogP contribution in [0.1, 0.15) is 15.9 Å². The molecule has 25 heavy (non-hydrogen) atoms. The van der Waals surface area contributed by atoms with Crippen LogP contribution in [0.15, 0.2) is 67.0 Å². The Balaban J connectivity index is 1.56. The molecule has 126 valence electrons. The first-order valence-corrected chi connectivity index (χ1v) is 7.59. The third kappa shape index (κ3) is 4.03. The van der Waals surface area contributed by atoms with Gasteiger partial charge in [-0.1, -0.05) is 30.3 Å². The van der Waals surface area contributed by atoms with Gasteiger partial charge in [0.1, 0.15) is 5.75 Å². The highest BCUT2D eigenvalue weighted by Crippen LogP contribution is 2.14. The molecule has 7 nitrogen and oxygen atoms in total. The summed E-state index contributed by atoms with van der Waals surface area (Å²) in [7, 11) is 0. The Morgan fingerprint density at radius 1 is 1.00 bits per heavy atom. The van der Waals surface area contributed by atoms with Crippen LogP contribution in [0.5, 0.6) is 5.75 Å². The number of carbonyl (C=O) groups is 2. The number of hydrogen-bond acceptors (Lipinski definition) is 4. The number of phenols is 1. The van der Waals surface area contributed by atoms with Crippen molar-refractivity contribution in [2.75, 3.05) is 0 Å². The topological polar surface area (TPSA) is 96.3 Å². The Bertz CT molecular complexity index is 890. The summed E-state index contributed by atoms with van der Waals surface area (Å²) in [5, 5.41) is 13.8. The predicted molar refractivity (Wildman–Crippen MR) is 91.0 cm³/mol. The van der Waals surface area contributed by atoms with Gasteiger partial charge in [-0.05, 0) is 29.8 Å². The van der Waals surface area contributed by atoms with Crippen LogP contribution in [0, 0.1) is 0 Å². The molecular weight excluding hydrogens is 320 g/mol. The number of para-hydroxylation sites is 2. The smallest absolute Gasteiger partial charge is 0.273 e. The molecule has 0 atom stereocenters. The van der Waals surface area contributed by atoms with E-state index in [0.717, 1.165) is 5.69 Å². The Kier molecular flexibility index (Phi) is 4.75. The van der Waals surface area contributed by atoms with Gasteiger partial charge in [-0.3, -0.25) is 20.4 Å². The number of carbonyl (C=O) groups excluding carboxylic acids is 2. The second-order valence-electron chi connectivity index (χ2n) is 5.32. The van der Waals surface area contributed by atoms with E-state index in [1.165, 1.54) is 12.1 Å². The zero-order chi connectivity index (χ0) is 17.6. The number of benzene rings is 2. The maximum atomic E-state index is 12.0. The van der Waals surface area contributed by atoms with Crippen molar-refractivity contribution in [2.24, 2.45) is 0 Å². The SMILES string of the molecule is O=C(Cc1cnn(-c2ccccc2)c1)NNC(=O)c1ccccc1O. The number of hydrazine groups is 1. The summed E-state index contributed by atoms with van der Waals surface area (Å²) in [6.45, 7) is 0. The second kappa shape index (κ2) is 7.31. The summed E-state index contributed by atoms with van der Waals surface area (Å²) >= 11 is 0. The fourth-order valence-electron chi connectivity index (χ4n) is 2.26. The Morgan fingerprint density at radius 3 is 2.48 bits per heavy atom. The lowest BCUT2D eigenvalue weighted by Gasteiger charge is -2.07. The lowest BCUT2D eigenvalue weighted by Crippen LogP contribution is -2.42. The molecule has 1 heterocycles. The molecule has 0 bridgehead atoms. The van der Waals surface area contributed by atoms with E-state index in [-0.39, 0.29) is 17.7 Å². The molecule has 3 aromatic rings. The van der Waals surface area contributed by atoms with Crippen molar-refractivity contribution in [1.82, 2.24) is 20.6 Å². The van der Waals surface area contributed by atoms with Crippen LogP contribution in [0.3, 0.4) is 0 Å². The van der Waals surface area contributed by atoms with Crippen LogP contribution in [0.4, 0.5) is 0 Å². The Hall–Kier alpha value is -3.61. The van der Waals surface area contributed by atoms with Crippen LogP contribution in [0.25, 0.3) is 5.69 Å². The normalized spacial score (nSPS) is 10.2. The maximum absolute atomic E-state index is 12.0. The van der Waals surface area contributed by atoms with E-state index in [4.69, 9.17) is 0 Å². The molecule has 0 radical (unpaired) electrons. The fraction of sp³-hybridized carbons (Fsp3) is 0.0556. The van der Waals surface area contributed by atoms with E-state index in [0.29, 0.717) is 5.56 Å². The molecule has 0 spiro atoms. The van der Waals surface area contributed by atoms with Gasteiger partial charge in [-0.15, -0.1) is 0 Å². The van der Waals surface area contributed by atoms with Crippen molar-refractivity contribution < 1.29 is 14.7 Å². The molecule has 0 unspecified atom stereocenters. The van der Waals surface area contributed by atoms with E-state index < -0.39 is 11.8 Å². The predicted octanol–water partition coefficient (Wildman–Crippen LogP) is 1.58. The molecule has 0 fully saturated rings. The van der Waals surface area contributed by atoms with Crippen molar-refractivity contribution in [2.45, 2.75) is 6.42 Å². The van der Waals surface area contributed by atoms with Crippen molar-refractivity contribution in [3.63, 3.8) is 0 Å². The maximum Gasteiger partial charge on any atom is 0.273 e. The first-order valence-electron chi connectivity index (χ1n) is 7.59. The van der Waals surface area contributed by atoms with Crippen LogP contribution in [0.2, 0.25) is 0 Å². The summed E-state index contributed by atoms with van der Waals surface area (Å²) in [5.41, 5.74) is 6.27. The lowest BCUT2D eigenvalue weighted by atomic mass is 10.2. The minimum Gasteiger partial charge on any atom is -0.507 e. The molecule has 1 aromatic heterocycles. The molecule has 0 aliphatic rings. The second-order valence-corrected chi connectivity index (χ2v) is 5.32. The highest BCUT2D eigenvalue weighted by molar-refractivity contribution is 5.97. The molecule has 0 aliphatic heterocycles. The highest BCUT2D eigenvalue weighted by atomic mass is 16.3. The molecule has 7 heteroatoms. The van der Waals surface area contributed by atoms with E-state index in [1.54, 1.807) is 29.2 Å². The third-order valence-electron chi connectivity index (χ3n) is 3.49. The largest absolute Gasteiger partial charge is 0.507 e. The Labute approximate surface area is 143 Å². The standard InChI is InChI=1S/C18H16N4O3/c23-16-9-5-4-8-15(16)18(25)21-20-17(24)10-13-11-19-22(12-13)14-6-2-1-3-7-14/h1-9,11-12,23H,10H2,(H,20,24)(H,21,25). The number of hydrogen-bond donors (Lipinski definition) is 3. The van der Waals surface area contributed by atoms with Gasteiger partial charge < -0.3 is 5.11 Å². The van der Waals surface area contributed by atoms with Crippen LogP contribution in [-0.4, -0.2) is 26.7 Å². The summed E-state index contributed by atoms with van der Waals surface area (Å²) in [4.78, 5) is 23.9. The van der Waals surface area contributed by atoms with Crippen molar-refractivity contribution in [1.29, 1.82) is 0 Å². The van der Waals surface area contributed by atoms with Gasteiger partial charge in [0.15, 0.2) is 0 Å². The summed E-state index contributed by atoms with van der Waals surface area (Å²) < 4.78 is 1.67. The van der Waals surface area contributed by atoms with E-state index >= 15 is 0 Å². The minimum absolute atomic E-state index is 0.0634. The molecule has 2 aromatic carbocycles. The average molecular weight is 336 g/mol. The molecule has 3 N–H and O–H groups in total. The zero-order valence-corrected chi connectivity index (χ0v) is 13.2. The van der Waals surface area contributed by atoms with Crippen LogP contribution < -0.4 is 10.9 Å². The monoisotopic (exact) mass is 336 g/mol. The molecule has 3 rings (SSSR count). The number of nitrogens with zero attached hydrogens (tertiary/aromatic N) is 2. The summed E-state index contributed by atoms with van der Waals surface area (Å²) in [5.74, 6) is -1.14. The van der Waals surface area contributed by atoms with Gasteiger partial charge >= 0.3 is 0 Å². The van der Waals surface area contributed by atoms with Gasteiger partial charge in [0, 0.05) is 6.20 Å². The zero-order valence-electron chi connectivity index (χ0n) is 13.2. The Morgan fingerprint density at radius 2 is 1.72 bits per heavy atom. The van der Waals surface area contributed by atoms with Crippen LogP contribution in [-0.2, 0) is 11.2 Å². The number of aromatic hydroxyl groups is 1. The van der Waals surface area contributed by atoms with Crippen molar-refractivity contribution in [3.05, 3.63) is 78.1 Å². The number of amides is 2. The van der Waals surface area contributed by atoms with Crippen molar-refractivity contribution in [3.8, 4) is 11.4 Å². The van der Waals surface area contributed by atoms with E-state index in [2.05, 4.69) is 16.0 Å². The fourth-order valence-corrected chi connectivity index (χ4v) is 2.26. The number of rotatable bonds is 4. The average Bonchev–Trinajstić information content (AvgIpc) is 3.09. The summed E-state index contributed by atoms with van der Waals surface area (Å²) in [6, 6.07) is 15.6. The van der Waals surface area contributed by atoms with E-state index in [1.807, 2.05) is 30.3 Å². The molecule has 0 aliphatic carbocycles.